The molecule has 6 rings (SSSR count). The maximum absolute atomic E-state index is 13.1. The summed E-state index contributed by atoms with van der Waals surface area (Å²) in [4.78, 5) is 48.0. The number of hydrogen-bond donors (Lipinski definition) is 2. The number of rotatable bonds is 6. The second-order valence-corrected chi connectivity index (χ2v) is 9.00. The van der Waals surface area contributed by atoms with E-state index in [1.54, 1.807) is 47.2 Å². The minimum atomic E-state index is -0.474. The summed E-state index contributed by atoms with van der Waals surface area (Å²) in [6, 6.07) is 19.8. The molecule has 1 fully saturated rings. The van der Waals surface area contributed by atoms with Gasteiger partial charge in [-0.2, -0.15) is 0 Å². The number of amides is 2. The summed E-state index contributed by atoms with van der Waals surface area (Å²) in [6.45, 7) is 0. The molecule has 2 aromatic carbocycles. The van der Waals surface area contributed by atoms with Gasteiger partial charge in [0.05, 0.1) is 28.2 Å². The molecule has 0 spiro atoms. The number of carbonyl (C=O) groups is 2. The minimum Gasteiger partial charge on any atom is -0.463 e. The summed E-state index contributed by atoms with van der Waals surface area (Å²) in [6.07, 6.45) is 3.73. The van der Waals surface area contributed by atoms with Crippen LogP contribution in [0.4, 0.5) is 0 Å². The Labute approximate surface area is 211 Å². The SMILES string of the molecule is O=C(CCc1nc2ccccc2c(=O)n1C1CC1)NNC(=O)c1cc(-c2ccco2)nc2ccccc12. The summed E-state index contributed by atoms with van der Waals surface area (Å²) in [5, 5.41) is 1.23. The second-order valence-electron chi connectivity index (χ2n) is 9.00. The van der Waals surface area contributed by atoms with Gasteiger partial charge in [-0.15, -0.1) is 0 Å². The van der Waals surface area contributed by atoms with Crippen molar-refractivity contribution in [3.63, 3.8) is 0 Å². The van der Waals surface area contributed by atoms with Gasteiger partial charge in [-0.1, -0.05) is 30.3 Å². The number of aromatic nitrogens is 3. The van der Waals surface area contributed by atoms with E-state index in [0.29, 0.717) is 44.6 Å². The van der Waals surface area contributed by atoms with Gasteiger partial charge in [-0.05, 0) is 49.2 Å². The van der Waals surface area contributed by atoms with E-state index < -0.39 is 5.91 Å². The van der Waals surface area contributed by atoms with Gasteiger partial charge in [0.15, 0.2) is 5.76 Å². The highest BCUT2D eigenvalue weighted by Crippen LogP contribution is 2.35. The molecule has 9 nitrogen and oxygen atoms in total. The van der Waals surface area contributed by atoms with Gasteiger partial charge in [-0.3, -0.25) is 29.8 Å². The third-order valence-corrected chi connectivity index (χ3v) is 6.42. The summed E-state index contributed by atoms with van der Waals surface area (Å²) >= 11 is 0. The molecule has 0 unspecified atom stereocenters. The van der Waals surface area contributed by atoms with Crippen LogP contribution in [0.15, 0.2) is 82.2 Å². The number of furan rings is 1. The third kappa shape index (κ3) is 4.47. The molecule has 9 heteroatoms. The van der Waals surface area contributed by atoms with Gasteiger partial charge in [-0.25, -0.2) is 9.97 Å². The van der Waals surface area contributed by atoms with Gasteiger partial charge in [0.1, 0.15) is 11.5 Å². The van der Waals surface area contributed by atoms with E-state index in [4.69, 9.17) is 4.42 Å². The van der Waals surface area contributed by atoms with Gasteiger partial charge in [0.25, 0.3) is 11.5 Å². The van der Waals surface area contributed by atoms with E-state index >= 15 is 0 Å². The lowest BCUT2D eigenvalue weighted by Crippen LogP contribution is -2.42. The van der Waals surface area contributed by atoms with Crippen LogP contribution < -0.4 is 16.4 Å². The molecule has 0 bridgehead atoms. The Kier molecular flexibility index (Phi) is 5.72. The number of benzene rings is 2. The van der Waals surface area contributed by atoms with E-state index in [2.05, 4.69) is 20.8 Å². The van der Waals surface area contributed by atoms with Crippen molar-refractivity contribution in [2.45, 2.75) is 31.7 Å². The van der Waals surface area contributed by atoms with Crippen LogP contribution in [0.25, 0.3) is 33.3 Å². The molecule has 3 heterocycles. The number of nitrogens with zero attached hydrogens (tertiary/aromatic N) is 3. The Balaban J connectivity index is 1.18. The highest BCUT2D eigenvalue weighted by Gasteiger charge is 2.28. The molecule has 2 amide bonds. The molecule has 2 N–H and O–H groups in total. The van der Waals surface area contributed by atoms with E-state index in [9.17, 15) is 14.4 Å². The molecule has 5 aromatic rings. The maximum atomic E-state index is 13.1. The van der Waals surface area contributed by atoms with Gasteiger partial charge in [0.2, 0.25) is 5.91 Å². The highest BCUT2D eigenvalue weighted by atomic mass is 16.3. The molecule has 184 valence electrons. The average molecular weight is 494 g/mol. The van der Waals surface area contributed by atoms with Gasteiger partial charge >= 0.3 is 0 Å². The van der Waals surface area contributed by atoms with Crippen molar-refractivity contribution >= 4 is 33.6 Å². The Morgan fingerprint density at radius 3 is 2.38 bits per heavy atom. The Morgan fingerprint density at radius 2 is 1.65 bits per heavy atom. The van der Waals surface area contributed by atoms with Crippen LogP contribution in [-0.2, 0) is 11.2 Å². The first-order valence-electron chi connectivity index (χ1n) is 12.1. The molecule has 0 atom stereocenters. The van der Waals surface area contributed by atoms with Crippen molar-refractivity contribution in [3.8, 4) is 11.5 Å². The molecule has 1 saturated carbocycles. The Morgan fingerprint density at radius 1 is 0.919 bits per heavy atom. The number of pyridine rings is 1. The predicted octanol–water partition coefficient (Wildman–Crippen LogP) is 3.93. The Hall–Kier alpha value is -4.79. The topological polar surface area (TPSA) is 119 Å². The maximum Gasteiger partial charge on any atom is 0.270 e. The molecular formula is C28H23N5O4. The van der Waals surface area contributed by atoms with Crippen molar-refractivity contribution < 1.29 is 14.0 Å². The molecular weight excluding hydrogens is 470 g/mol. The van der Waals surface area contributed by atoms with Gasteiger partial charge < -0.3 is 4.42 Å². The largest absolute Gasteiger partial charge is 0.463 e. The van der Waals surface area contributed by atoms with Crippen LogP contribution in [0.2, 0.25) is 0 Å². The fraction of sp³-hybridized carbons (Fsp3) is 0.179. The van der Waals surface area contributed by atoms with Crippen LogP contribution in [-0.4, -0.2) is 26.3 Å². The summed E-state index contributed by atoms with van der Waals surface area (Å²) in [5.41, 5.74) is 7.04. The number of carbonyl (C=O) groups excluding carboxylic acids is 2. The van der Waals surface area contributed by atoms with Crippen molar-refractivity contribution in [2.75, 3.05) is 0 Å². The zero-order chi connectivity index (χ0) is 25.4. The summed E-state index contributed by atoms with van der Waals surface area (Å²) < 4.78 is 7.16. The zero-order valence-corrected chi connectivity index (χ0v) is 19.8. The highest BCUT2D eigenvalue weighted by molar-refractivity contribution is 6.07. The van der Waals surface area contributed by atoms with E-state index in [1.165, 1.54) is 0 Å². The number of nitrogens with one attached hydrogen (secondary N) is 2. The first-order valence-corrected chi connectivity index (χ1v) is 12.1. The Bertz CT molecular complexity index is 1700. The number of fused-ring (bicyclic) bond motifs is 2. The molecule has 37 heavy (non-hydrogen) atoms. The second kappa shape index (κ2) is 9.34. The van der Waals surface area contributed by atoms with E-state index in [-0.39, 0.29) is 30.3 Å². The van der Waals surface area contributed by atoms with Crippen molar-refractivity contribution in [1.82, 2.24) is 25.4 Å². The molecule has 0 aliphatic heterocycles. The number of hydrazine groups is 1. The van der Waals surface area contributed by atoms with Gasteiger partial charge in [0, 0.05) is 24.3 Å². The minimum absolute atomic E-state index is 0.0620. The fourth-order valence-electron chi connectivity index (χ4n) is 4.47. The standard InChI is InChI=1S/C28H23N5O4/c34-26(14-13-25-30-22-9-4-2-7-19(22)28(36)33(25)17-11-12-17)31-32-27(35)20-16-23(24-10-5-15-37-24)29-21-8-3-1-6-18(20)21/h1-10,15-17H,11-14H2,(H,31,34)(H,32,35). The van der Waals surface area contributed by atoms with Crippen LogP contribution in [0.1, 0.15) is 41.5 Å². The van der Waals surface area contributed by atoms with Crippen molar-refractivity contribution in [3.05, 3.63) is 94.7 Å². The quantitative estimate of drug-likeness (QED) is 0.346. The van der Waals surface area contributed by atoms with Crippen LogP contribution in [0.3, 0.4) is 0 Å². The van der Waals surface area contributed by atoms with E-state index in [0.717, 1.165) is 12.8 Å². The smallest absolute Gasteiger partial charge is 0.270 e. The summed E-state index contributed by atoms with van der Waals surface area (Å²) in [7, 11) is 0. The average Bonchev–Trinajstić information content (AvgIpc) is 3.61. The third-order valence-electron chi connectivity index (χ3n) is 6.42. The number of hydrogen-bond acceptors (Lipinski definition) is 6. The lowest BCUT2D eigenvalue weighted by molar-refractivity contribution is -0.121. The lowest BCUT2D eigenvalue weighted by atomic mass is 10.1. The summed E-state index contributed by atoms with van der Waals surface area (Å²) in [5.74, 6) is 0.255. The van der Waals surface area contributed by atoms with Crippen LogP contribution in [0.5, 0.6) is 0 Å². The molecule has 0 saturated heterocycles. The molecule has 1 aliphatic rings. The predicted molar refractivity (Wildman–Crippen MR) is 138 cm³/mol. The van der Waals surface area contributed by atoms with Crippen LogP contribution >= 0.6 is 0 Å². The normalized spacial score (nSPS) is 13.1. The fourth-order valence-corrected chi connectivity index (χ4v) is 4.47. The number of aryl methyl sites for hydroxylation is 1. The van der Waals surface area contributed by atoms with Crippen LogP contribution in [0, 0.1) is 0 Å². The molecule has 3 aromatic heterocycles. The number of para-hydroxylation sites is 2. The monoisotopic (exact) mass is 493 g/mol. The first-order chi connectivity index (χ1) is 18.1. The lowest BCUT2D eigenvalue weighted by Gasteiger charge is -2.13. The molecule has 1 aliphatic carbocycles. The zero-order valence-electron chi connectivity index (χ0n) is 19.8. The van der Waals surface area contributed by atoms with Crippen molar-refractivity contribution in [2.24, 2.45) is 0 Å². The van der Waals surface area contributed by atoms with E-state index in [1.807, 2.05) is 30.3 Å². The molecule has 0 radical (unpaired) electrons. The van der Waals surface area contributed by atoms with Crippen molar-refractivity contribution in [1.29, 1.82) is 0 Å². The first kappa shape index (κ1) is 22.7.